The normalized spacial score (nSPS) is 15.6. The van der Waals surface area contributed by atoms with Gasteiger partial charge in [-0.2, -0.15) is 0 Å². The fourth-order valence-electron chi connectivity index (χ4n) is 2.07. The first kappa shape index (κ1) is 12.0. The standard InChI is InChI=1S/C12H11F3O2/c1-7-5-6-8-9(3-2-4-10(8)16)11(7)17-12(13,14)15/h5-6H,2-4H2,1H3. The van der Waals surface area contributed by atoms with Gasteiger partial charge in [-0.05, 0) is 25.3 Å². The molecule has 0 saturated heterocycles. The second-order valence-electron chi connectivity index (χ2n) is 4.06. The summed E-state index contributed by atoms with van der Waals surface area (Å²) in [4.78, 5) is 11.6. The fraction of sp³-hybridized carbons (Fsp3) is 0.417. The van der Waals surface area contributed by atoms with E-state index in [4.69, 9.17) is 0 Å². The number of carbonyl (C=O) groups is 1. The first-order chi connectivity index (χ1) is 7.88. The van der Waals surface area contributed by atoms with Gasteiger partial charge in [-0.1, -0.05) is 12.1 Å². The second-order valence-corrected chi connectivity index (χ2v) is 4.06. The van der Waals surface area contributed by atoms with Crippen LogP contribution >= 0.6 is 0 Å². The van der Waals surface area contributed by atoms with Crippen molar-refractivity contribution in [3.63, 3.8) is 0 Å². The van der Waals surface area contributed by atoms with Crippen molar-refractivity contribution in [2.24, 2.45) is 0 Å². The molecule has 0 N–H and O–H groups in total. The number of hydrogen-bond acceptors (Lipinski definition) is 2. The summed E-state index contributed by atoms with van der Waals surface area (Å²) in [6.45, 7) is 1.54. The van der Waals surface area contributed by atoms with Crippen LogP contribution in [0.2, 0.25) is 0 Å². The summed E-state index contributed by atoms with van der Waals surface area (Å²) in [6.07, 6.45) is -3.31. The molecule has 0 bridgehead atoms. The molecule has 1 aromatic rings. The summed E-state index contributed by atoms with van der Waals surface area (Å²) in [6, 6.07) is 3.07. The number of benzene rings is 1. The first-order valence-electron chi connectivity index (χ1n) is 5.30. The predicted octanol–water partition coefficient (Wildman–Crippen LogP) is 3.41. The number of Topliss-reactive ketones (excluding diaryl/α,β-unsaturated/α-hetero) is 1. The first-order valence-corrected chi connectivity index (χ1v) is 5.30. The van der Waals surface area contributed by atoms with Crippen molar-refractivity contribution in [1.82, 2.24) is 0 Å². The van der Waals surface area contributed by atoms with Crippen LogP contribution in [0.25, 0.3) is 0 Å². The lowest BCUT2D eigenvalue weighted by Crippen LogP contribution is -2.21. The third-order valence-electron chi connectivity index (χ3n) is 2.81. The molecule has 0 spiro atoms. The van der Waals surface area contributed by atoms with Gasteiger partial charge in [0.25, 0.3) is 0 Å². The molecule has 1 aromatic carbocycles. The van der Waals surface area contributed by atoms with E-state index in [0.717, 1.165) is 0 Å². The number of ether oxygens (including phenoxy) is 1. The summed E-state index contributed by atoms with van der Waals surface area (Å²) in [5, 5.41) is 0. The van der Waals surface area contributed by atoms with Crippen molar-refractivity contribution < 1.29 is 22.7 Å². The Labute approximate surface area is 96.4 Å². The summed E-state index contributed by atoms with van der Waals surface area (Å²) < 4.78 is 40.9. The molecule has 0 radical (unpaired) electrons. The SMILES string of the molecule is Cc1ccc2c(c1OC(F)(F)F)CCCC2=O. The van der Waals surface area contributed by atoms with Crippen LogP contribution in [0.3, 0.4) is 0 Å². The highest BCUT2D eigenvalue weighted by Crippen LogP contribution is 2.35. The van der Waals surface area contributed by atoms with Gasteiger partial charge in [-0.25, -0.2) is 0 Å². The van der Waals surface area contributed by atoms with Gasteiger partial charge in [0, 0.05) is 17.5 Å². The van der Waals surface area contributed by atoms with Crippen molar-refractivity contribution >= 4 is 5.78 Å². The number of rotatable bonds is 1. The van der Waals surface area contributed by atoms with Crippen LogP contribution < -0.4 is 4.74 Å². The van der Waals surface area contributed by atoms with Gasteiger partial charge in [0.2, 0.25) is 0 Å². The fourth-order valence-corrected chi connectivity index (χ4v) is 2.07. The summed E-state index contributed by atoms with van der Waals surface area (Å²) in [7, 11) is 0. The molecule has 17 heavy (non-hydrogen) atoms. The topological polar surface area (TPSA) is 26.3 Å². The lowest BCUT2D eigenvalue weighted by Gasteiger charge is -2.21. The molecule has 0 amide bonds. The second kappa shape index (κ2) is 4.05. The Kier molecular flexibility index (Phi) is 2.85. The van der Waals surface area contributed by atoms with E-state index in [2.05, 4.69) is 4.74 Å². The Morgan fingerprint density at radius 1 is 1.24 bits per heavy atom. The molecule has 92 valence electrons. The van der Waals surface area contributed by atoms with Crippen molar-refractivity contribution in [2.45, 2.75) is 32.5 Å². The molecule has 5 heteroatoms. The molecule has 0 atom stereocenters. The van der Waals surface area contributed by atoms with E-state index in [9.17, 15) is 18.0 Å². The van der Waals surface area contributed by atoms with E-state index in [1.54, 1.807) is 13.0 Å². The Bertz CT molecular complexity index is 464. The van der Waals surface area contributed by atoms with Crippen LogP contribution in [0.1, 0.15) is 34.3 Å². The maximum absolute atomic E-state index is 12.3. The number of halogens is 3. The number of aryl methyl sites for hydroxylation is 1. The highest BCUT2D eigenvalue weighted by Gasteiger charge is 2.34. The minimum Gasteiger partial charge on any atom is -0.405 e. The van der Waals surface area contributed by atoms with Crippen molar-refractivity contribution in [3.8, 4) is 5.75 Å². The van der Waals surface area contributed by atoms with Crippen LogP contribution in [0, 0.1) is 6.92 Å². The molecular formula is C12H11F3O2. The smallest absolute Gasteiger partial charge is 0.405 e. The van der Waals surface area contributed by atoms with Crippen LogP contribution in [-0.4, -0.2) is 12.1 Å². The molecule has 0 heterocycles. The van der Waals surface area contributed by atoms with E-state index in [1.165, 1.54) is 6.07 Å². The molecule has 2 nitrogen and oxygen atoms in total. The molecule has 2 rings (SSSR count). The highest BCUT2D eigenvalue weighted by molar-refractivity contribution is 5.99. The third-order valence-corrected chi connectivity index (χ3v) is 2.81. The molecule has 0 saturated carbocycles. The van der Waals surface area contributed by atoms with Gasteiger partial charge >= 0.3 is 6.36 Å². The summed E-state index contributed by atoms with van der Waals surface area (Å²) in [5.74, 6) is -0.318. The van der Waals surface area contributed by atoms with Gasteiger partial charge in [0.05, 0.1) is 0 Å². The van der Waals surface area contributed by atoms with E-state index >= 15 is 0 Å². The minimum absolute atomic E-state index is 0.113. The Hall–Kier alpha value is -1.52. The van der Waals surface area contributed by atoms with Crippen molar-refractivity contribution in [1.29, 1.82) is 0 Å². The van der Waals surface area contributed by atoms with Crippen molar-refractivity contribution in [2.75, 3.05) is 0 Å². The van der Waals surface area contributed by atoms with Gasteiger partial charge in [-0.3, -0.25) is 4.79 Å². The number of ketones is 1. The van der Waals surface area contributed by atoms with Gasteiger partial charge < -0.3 is 4.74 Å². The van der Waals surface area contributed by atoms with Crippen LogP contribution in [0.5, 0.6) is 5.75 Å². The molecule has 0 fully saturated rings. The molecule has 0 aliphatic heterocycles. The molecular weight excluding hydrogens is 233 g/mol. The number of alkyl halides is 3. The Morgan fingerprint density at radius 3 is 2.59 bits per heavy atom. The van der Waals surface area contributed by atoms with Crippen LogP contribution in [0.15, 0.2) is 12.1 Å². The zero-order chi connectivity index (χ0) is 12.6. The largest absolute Gasteiger partial charge is 0.573 e. The quantitative estimate of drug-likeness (QED) is 0.756. The molecule has 0 aromatic heterocycles. The van der Waals surface area contributed by atoms with Gasteiger partial charge in [-0.15, -0.1) is 13.2 Å². The van der Waals surface area contributed by atoms with Crippen molar-refractivity contribution in [3.05, 3.63) is 28.8 Å². The van der Waals surface area contributed by atoms with Crippen LogP contribution in [0.4, 0.5) is 13.2 Å². The zero-order valence-corrected chi connectivity index (χ0v) is 9.23. The van der Waals surface area contributed by atoms with Gasteiger partial charge in [0.15, 0.2) is 5.78 Å². The van der Waals surface area contributed by atoms with E-state index < -0.39 is 6.36 Å². The average molecular weight is 244 g/mol. The molecule has 1 aliphatic carbocycles. The lowest BCUT2D eigenvalue weighted by atomic mass is 9.88. The lowest BCUT2D eigenvalue weighted by molar-refractivity contribution is -0.275. The number of carbonyl (C=O) groups excluding carboxylic acids is 1. The maximum atomic E-state index is 12.3. The Balaban J connectivity index is 2.50. The van der Waals surface area contributed by atoms with E-state index in [1.807, 2.05) is 0 Å². The molecule has 1 aliphatic rings. The third kappa shape index (κ3) is 2.43. The monoisotopic (exact) mass is 244 g/mol. The van der Waals surface area contributed by atoms with Gasteiger partial charge in [0.1, 0.15) is 5.75 Å². The number of hydrogen-bond donors (Lipinski definition) is 0. The average Bonchev–Trinajstić information content (AvgIpc) is 2.21. The summed E-state index contributed by atoms with van der Waals surface area (Å²) >= 11 is 0. The maximum Gasteiger partial charge on any atom is 0.573 e. The zero-order valence-electron chi connectivity index (χ0n) is 9.23. The molecule has 0 unspecified atom stereocenters. The number of fused-ring (bicyclic) bond motifs is 1. The Morgan fingerprint density at radius 2 is 1.94 bits per heavy atom. The minimum atomic E-state index is -4.72. The van der Waals surface area contributed by atoms with Crippen LogP contribution in [-0.2, 0) is 6.42 Å². The highest BCUT2D eigenvalue weighted by atomic mass is 19.4. The summed E-state index contributed by atoms with van der Waals surface area (Å²) in [5.41, 5.74) is 1.15. The van der Waals surface area contributed by atoms with E-state index in [0.29, 0.717) is 36.0 Å². The predicted molar refractivity (Wildman–Crippen MR) is 55.1 cm³/mol. The van der Waals surface area contributed by atoms with E-state index in [-0.39, 0.29) is 11.5 Å².